The first-order valence-corrected chi connectivity index (χ1v) is 11.7. The number of carbonyl (C=O) groups excluding carboxylic acids is 1. The van der Waals surface area contributed by atoms with Gasteiger partial charge in [-0.2, -0.15) is 5.10 Å². The second kappa shape index (κ2) is 9.75. The zero-order valence-corrected chi connectivity index (χ0v) is 19.8. The highest BCUT2D eigenvalue weighted by Crippen LogP contribution is 2.46. The third kappa shape index (κ3) is 4.25. The standard InChI is InChI=1S/C25H28ClN3O4/c1-4-11-29-24(15-7-10-19(33-12-5-2)20(13-15)32-6-3)21-22(27-28-23(21)25(29)31)17-14-16(26)8-9-18(17)30/h7-10,13-14,24,30H,4-6,11-12H2,1-3H3,(H,27,28). The molecule has 0 saturated carbocycles. The lowest BCUT2D eigenvalue weighted by Gasteiger charge is -2.26. The lowest BCUT2D eigenvalue weighted by molar-refractivity contribution is 0.0743. The zero-order chi connectivity index (χ0) is 23.5. The highest BCUT2D eigenvalue weighted by molar-refractivity contribution is 6.31. The Morgan fingerprint density at radius 3 is 2.64 bits per heavy atom. The topological polar surface area (TPSA) is 87.7 Å². The van der Waals surface area contributed by atoms with E-state index < -0.39 is 0 Å². The number of aromatic amines is 1. The second-order valence-corrected chi connectivity index (χ2v) is 8.35. The molecule has 1 unspecified atom stereocenters. The number of amides is 1. The number of rotatable bonds is 9. The molecule has 1 aliphatic heterocycles. The molecule has 1 atom stereocenters. The first-order chi connectivity index (χ1) is 16.0. The summed E-state index contributed by atoms with van der Waals surface area (Å²) in [4.78, 5) is 15.1. The number of aromatic hydroxyl groups is 1. The molecule has 0 radical (unpaired) electrons. The van der Waals surface area contributed by atoms with Gasteiger partial charge in [-0.25, -0.2) is 0 Å². The van der Waals surface area contributed by atoms with E-state index in [2.05, 4.69) is 17.1 Å². The SMILES string of the molecule is CCCOc1ccc(C2c3c(-c4cc(Cl)ccc4O)n[nH]c3C(=O)N2CCC)cc1OCC. The van der Waals surface area contributed by atoms with Crippen molar-refractivity contribution < 1.29 is 19.4 Å². The Kier molecular flexibility index (Phi) is 6.79. The van der Waals surface area contributed by atoms with Crippen LogP contribution in [0.3, 0.4) is 0 Å². The van der Waals surface area contributed by atoms with Gasteiger partial charge in [0.25, 0.3) is 5.91 Å². The Balaban J connectivity index is 1.86. The molecular formula is C25H28ClN3O4. The Morgan fingerprint density at radius 2 is 1.91 bits per heavy atom. The van der Waals surface area contributed by atoms with Gasteiger partial charge in [0.1, 0.15) is 17.1 Å². The molecule has 0 bridgehead atoms. The molecule has 2 aromatic carbocycles. The van der Waals surface area contributed by atoms with Gasteiger partial charge in [-0.15, -0.1) is 0 Å². The predicted octanol–water partition coefficient (Wildman–Crippen LogP) is 5.58. The lowest BCUT2D eigenvalue weighted by Crippen LogP contribution is -2.30. The van der Waals surface area contributed by atoms with Crippen LogP contribution in [0.25, 0.3) is 11.3 Å². The summed E-state index contributed by atoms with van der Waals surface area (Å²) >= 11 is 6.20. The number of ether oxygens (including phenoxy) is 2. The van der Waals surface area contributed by atoms with Gasteiger partial charge < -0.3 is 19.5 Å². The number of H-pyrrole nitrogens is 1. The number of halogens is 1. The zero-order valence-electron chi connectivity index (χ0n) is 19.0. The normalized spacial score (nSPS) is 15.1. The van der Waals surface area contributed by atoms with Crippen molar-refractivity contribution in [2.24, 2.45) is 0 Å². The number of hydrogen-bond acceptors (Lipinski definition) is 5. The average molecular weight is 470 g/mol. The molecule has 7 nitrogen and oxygen atoms in total. The minimum absolute atomic E-state index is 0.0483. The molecule has 1 aliphatic rings. The van der Waals surface area contributed by atoms with E-state index in [1.165, 1.54) is 6.07 Å². The number of phenolic OH excluding ortho intramolecular Hbond substituents is 1. The maximum Gasteiger partial charge on any atom is 0.273 e. The number of phenols is 1. The molecule has 0 spiro atoms. The van der Waals surface area contributed by atoms with Crippen LogP contribution in [-0.2, 0) is 0 Å². The summed E-state index contributed by atoms with van der Waals surface area (Å²) in [5, 5.41) is 18.3. The molecule has 8 heteroatoms. The van der Waals surface area contributed by atoms with Gasteiger partial charge in [-0.1, -0.05) is 31.5 Å². The van der Waals surface area contributed by atoms with E-state index >= 15 is 0 Å². The monoisotopic (exact) mass is 469 g/mol. The maximum atomic E-state index is 13.3. The minimum atomic E-state index is -0.390. The summed E-state index contributed by atoms with van der Waals surface area (Å²) in [5.74, 6) is 1.24. The Hall–Kier alpha value is -3.19. The quantitative estimate of drug-likeness (QED) is 0.427. The number of aromatic nitrogens is 2. The van der Waals surface area contributed by atoms with Crippen LogP contribution in [0.5, 0.6) is 17.2 Å². The summed E-state index contributed by atoms with van der Waals surface area (Å²) in [6.45, 7) is 7.67. The predicted molar refractivity (Wildman–Crippen MR) is 127 cm³/mol. The van der Waals surface area contributed by atoms with Gasteiger partial charge in [0.2, 0.25) is 0 Å². The fourth-order valence-corrected chi connectivity index (χ4v) is 4.38. The highest BCUT2D eigenvalue weighted by atomic mass is 35.5. The summed E-state index contributed by atoms with van der Waals surface area (Å²) in [6, 6.07) is 10.2. The molecule has 0 saturated heterocycles. The Morgan fingerprint density at radius 1 is 1.09 bits per heavy atom. The van der Waals surface area contributed by atoms with E-state index in [0.717, 1.165) is 24.0 Å². The first-order valence-electron chi connectivity index (χ1n) is 11.3. The average Bonchev–Trinajstić information content (AvgIpc) is 3.34. The van der Waals surface area contributed by atoms with Gasteiger partial charge in [-0.3, -0.25) is 9.89 Å². The van der Waals surface area contributed by atoms with Crippen molar-refractivity contribution in [1.29, 1.82) is 0 Å². The number of nitrogens with one attached hydrogen (secondary N) is 1. The fraction of sp³-hybridized carbons (Fsp3) is 0.360. The van der Waals surface area contributed by atoms with Crippen molar-refractivity contribution >= 4 is 17.5 Å². The first kappa shape index (κ1) is 23.0. The third-order valence-electron chi connectivity index (χ3n) is 5.59. The van der Waals surface area contributed by atoms with Crippen molar-refractivity contribution in [1.82, 2.24) is 15.1 Å². The van der Waals surface area contributed by atoms with E-state index in [1.807, 2.05) is 36.9 Å². The smallest absolute Gasteiger partial charge is 0.273 e. The van der Waals surface area contributed by atoms with Gasteiger partial charge in [-0.05, 0) is 55.7 Å². The molecule has 4 rings (SSSR count). The number of nitrogens with zero attached hydrogens (tertiary/aromatic N) is 2. The Labute approximate surface area is 198 Å². The third-order valence-corrected chi connectivity index (χ3v) is 5.82. The van der Waals surface area contributed by atoms with E-state index in [4.69, 9.17) is 21.1 Å². The molecule has 1 amide bonds. The van der Waals surface area contributed by atoms with Crippen LogP contribution in [0.1, 0.15) is 61.3 Å². The van der Waals surface area contributed by atoms with Crippen molar-refractivity contribution in [2.45, 2.75) is 39.7 Å². The number of fused-ring (bicyclic) bond motifs is 1. The van der Waals surface area contributed by atoms with E-state index in [1.54, 1.807) is 12.1 Å². The van der Waals surface area contributed by atoms with Gasteiger partial charge in [0.15, 0.2) is 11.5 Å². The van der Waals surface area contributed by atoms with Crippen molar-refractivity contribution in [3.05, 3.63) is 58.2 Å². The van der Waals surface area contributed by atoms with E-state index in [0.29, 0.717) is 53.2 Å². The van der Waals surface area contributed by atoms with Crippen molar-refractivity contribution in [3.63, 3.8) is 0 Å². The largest absolute Gasteiger partial charge is 0.507 e. The summed E-state index contributed by atoms with van der Waals surface area (Å²) < 4.78 is 11.7. The van der Waals surface area contributed by atoms with Crippen LogP contribution in [0.15, 0.2) is 36.4 Å². The number of carbonyl (C=O) groups is 1. The highest BCUT2D eigenvalue weighted by Gasteiger charge is 2.42. The molecule has 1 aromatic heterocycles. The summed E-state index contributed by atoms with van der Waals surface area (Å²) in [7, 11) is 0. The van der Waals surface area contributed by atoms with Gasteiger partial charge >= 0.3 is 0 Å². The van der Waals surface area contributed by atoms with E-state index in [-0.39, 0.29) is 17.7 Å². The maximum absolute atomic E-state index is 13.3. The van der Waals surface area contributed by atoms with Crippen LogP contribution in [0.4, 0.5) is 0 Å². The fourth-order valence-electron chi connectivity index (χ4n) is 4.21. The molecule has 0 fully saturated rings. The van der Waals surface area contributed by atoms with Crippen LogP contribution in [0.2, 0.25) is 5.02 Å². The molecule has 3 aromatic rings. The lowest BCUT2D eigenvalue weighted by atomic mass is 9.95. The second-order valence-electron chi connectivity index (χ2n) is 7.91. The van der Waals surface area contributed by atoms with Gasteiger partial charge in [0.05, 0.1) is 19.3 Å². The molecule has 2 heterocycles. The van der Waals surface area contributed by atoms with Crippen LogP contribution in [0, 0.1) is 0 Å². The summed E-state index contributed by atoms with van der Waals surface area (Å²) in [6.07, 6.45) is 1.69. The molecule has 174 valence electrons. The molecule has 0 aliphatic carbocycles. The van der Waals surface area contributed by atoms with Crippen molar-refractivity contribution in [2.75, 3.05) is 19.8 Å². The Bertz CT molecular complexity index is 1160. The number of benzene rings is 2. The van der Waals surface area contributed by atoms with E-state index in [9.17, 15) is 9.90 Å². The molecule has 2 N–H and O–H groups in total. The van der Waals surface area contributed by atoms with Gasteiger partial charge in [0, 0.05) is 22.7 Å². The van der Waals surface area contributed by atoms with Crippen molar-refractivity contribution in [3.8, 4) is 28.5 Å². The molecular weight excluding hydrogens is 442 g/mol. The molecule has 33 heavy (non-hydrogen) atoms. The van der Waals surface area contributed by atoms with Crippen LogP contribution < -0.4 is 9.47 Å². The van der Waals surface area contributed by atoms with Crippen LogP contribution >= 0.6 is 11.6 Å². The van der Waals surface area contributed by atoms with Crippen LogP contribution in [-0.4, -0.2) is 45.9 Å². The number of hydrogen-bond donors (Lipinski definition) is 2. The summed E-state index contributed by atoms with van der Waals surface area (Å²) in [5.41, 5.74) is 3.00. The minimum Gasteiger partial charge on any atom is -0.507 e.